The molecule has 2 fully saturated rings. The van der Waals surface area contributed by atoms with Gasteiger partial charge in [0.25, 0.3) is 0 Å². The minimum absolute atomic E-state index is 0.179. The van der Waals surface area contributed by atoms with Crippen LogP contribution >= 0.6 is 0 Å². The molecule has 1 saturated heterocycles. The van der Waals surface area contributed by atoms with Gasteiger partial charge in [0.05, 0.1) is 0 Å². The van der Waals surface area contributed by atoms with Crippen LogP contribution in [-0.4, -0.2) is 23.3 Å². The Balaban J connectivity index is 1.76. The van der Waals surface area contributed by atoms with Crippen molar-refractivity contribution < 1.29 is 4.42 Å². The van der Waals surface area contributed by atoms with E-state index in [1.807, 2.05) is 0 Å². The molecule has 1 aliphatic carbocycles. The van der Waals surface area contributed by atoms with Gasteiger partial charge in [0.15, 0.2) is 0 Å². The number of hydrogen-bond donors (Lipinski definition) is 1. The molecule has 4 nitrogen and oxygen atoms in total. The van der Waals surface area contributed by atoms with Crippen molar-refractivity contribution in [2.45, 2.75) is 50.4 Å². The van der Waals surface area contributed by atoms with Gasteiger partial charge < -0.3 is 9.73 Å². The molecule has 0 bridgehead atoms. The van der Waals surface area contributed by atoms with Gasteiger partial charge in [-0.05, 0) is 38.8 Å². The van der Waals surface area contributed by atoms with Gasteiger partial charge in [0.2, 0.25) is 11.8 Å². The molecule has 0 amide bonds. The van der Waals surface area contributed by atoms with Crippen LogP contribution in [0.25, 0.3) is 0 Å². The standard InChI is InChI=1S/C12H19N3O/c1-12(5-2-6-12)11-15-14-10(16-11)9-3-7-13-8-4-9/h9,13H,2-8H2,1H3. The van der Waals surface area contributed by atoms with E-state index in [0.717, 1.165) is 37.7 Å². The predicted molar refractivity (Wildman–Crippen MR) is 60.3 cm³/mol. The van der Waals surface area contributed by atoms with Crippen LogP contribution in [0.5, 0.6) is 0 Å². The first-order valence-corrected chi connectivity index (χ1v) is 6.32. The van der Waals surface area contributed by atoms with Crippen LogP contribution in [0.1, 0.15) is 56.7 Å². The largest absolute Gasteiger partial charge is 0.424 e. The average molecular weight is 221 g/mol. The molecular formula is C12H19N3O. The summed E-state index contributed by atoms with van der Waals surface area (Å²) in [5, 5.41) is 11.8. The maximum atomic E-state index is 5.88. The van der Waals surface area contributed by atoms with Gasteiger partial charge in [0.1, 0.15) is 0 Å². The topological polar surface area (TPSA) is 51.0 Å². The maximum Gasteiger partial charge on any atom is 0.222 e. The molecule has 1 aromatic rings. The Morgan fingerprint density at radius 2 is 2.00 bits per heavy atom. The minimum atomic E-state index is 0.179. The van der Waals surface area contributed by atoms with Gasteiger partial charge >= 0.3 is 0 Å². The fraction of sp³-hybridized carbons (Fsp3) is 0.833. The summed E-state index contributed by atoms with van der Waals surface area (Å²) in [5.74, 6) is 2.21. The van der Waals surface area contributed by atoms with Gasteiger partial charge in [0, 0.05) is 11.3 Å². The first kappa shape index (κ1) is 10.3. The van der Waals surface area contributed by atoms with E-state index in [1.165, 1.54) is 19.3 Å². The van der Waals surface area contributed by atoms with Gasteiger partial charge in [-0.1, -0.05) is 13.3 Å². The van der Waals surface area contributed by atoms with Crippen molar-refractivity contribution in [2.75, 3.05) is 13.1 Å². The average Bonchev–Trinajstić information content (AvgIpc) is 2.77. The van der Waals surface area contributed by atoms with Crippen LogP contribution in [0.3, 0.4) is 0 Å². The molecule has 1 N–H and O–H groups in total. The van der Waals surface area contributed by atoms with Crippen molar-refractivity contribution in [3.05, 3.63) is 11.8 Å². The Morgan fingerprint density at radius 1 is 1.25 bits per heavy atom. The van der Waals surface area contributed by atoms with Crippen molar-refractivity contribution in [3.8, 4) is 0 Å². The molecule has 0 radical (unpaired) electrons. The lowest BCUT2D eigenvalue weighted by molar-refractivity contribution is 0.206. The Labute approximate surface area is 95.8 Å². The molecule has 1 saturated carbocycles. The van der Waals surface area contributed by atoms with Crippen LogP contribution < -0.4 is 5.32 Å². The molecule has 3 rings (SSSR count). The first-order chi connectivity index (χ1) is 7.78. The summed E-state index contributed by atoms with van der Waals surface area (Å²) in [4.78, 5) is 0. The van der Waals surface area contributed by atoms with Crippen LogP contribution in [0.15, 0.2) is 4.42 Å². The lowest BCUT2D eigenvalue weighted by atomic mass is 9.70. The highest BCUT2D eigenvalue weighted by Crippen LogP contribution is 2.43. The van der Waals surface area contributed by atoms with Crippen LogP contribution in [-0.2, 0) is 5.41 Å². The highest BCUT2D eigenvalue weighted by molar-refractivity contribution is 5.08. The van der Waals surface area contributed by atoms with E-state index >= 15 is 0 Å². The Morgan fingerprint density at radius 3 is 2.62 bits per heavy atom. The number of rotatable bonds is 2. The molecular weight excluding hydrogens is 202 g/mol. The van der Waals surface area contributed by atoms with Gasteiger partial charge in [-0.3, -0.25) is 0 Å². The van der Waals surface area contributed by atoms with Gasteiger partial charge in [-0.15, -0.1) is 10.2 Å². The second-order valence-electron chi connectivity index (χ2n) is 5.38. The minimum Gasteiger partial charge on any atom is -0.424 e. The SMILES string of the molecule is CC1(c2nnc(C3CCNCC3)o2)CCC1. The molecule has 2 heterocycles. The molecule has 0 atom stereocenters. The van der Waals surface area contributed by atoms with Crippen LogP contribution in [0, 0.1) is 0 Å². The second kappa shape index (κ2) is 3.84. The molecule has 0 aromatic carbocycles. The molecule has 88 valence electrons. The number of piperidine rings is 1. The monoisotopic (exact) mass is 221 g/mol. The van der Waals surface area contributed by atoms with Crippen molar-refractivity contribution >= 4 is 0 Å². The summed E-state index contributed by atoms with van der Waals surface area (Å²) >= 11 is 0. The van der Waals surface area contributed by atoms with Crippen molar-refractivity contribution in [1.82, 2.24) is 15.5 Å². The van der Waals surface area contributed by atoms with Crippen molar-refractivity contribution in [1.29, 1.82) is 0 Å². The molecule has 4 heteroatoms. The number of nitrogens with one attached hydrogen (secondary N) is 1. The maximum absolute atomic E-state index is 5.88. The third-order valence-electron chi connectivity index (χ3n) is 4.10. The fourth-order valence-electron chi connectivity index (χ4n) is 2.63. The smallest absolute Gasteiger partial charge is 0.222 e. The second-order valence-corrected chi connectivity index (χ2v) is 5.38. The zero-order chi connectivity index (χ0) is 11.0. The fourth-order valence-corrected chi connectivity index (χ4v) is 2.63. The zero-order valence-corrected chi connectivity index (χ0v) is 9.83. The highest BCUT2D eigenvalue weighted by Gasteiger charge is 2.39. The van der Waals surface area contributed by atoms with Gasteiger partial charge in [-0.2, -0.15) is 0 Å². The quantitative estimate of drug-likeness (QED) is 0.829. The summed E-state index contributed by atoms with van der Waals surface area (Å²) in [6, 6.07) is 0. The van der Waals surface area contributed by atoms with Crippen molar-refractivity contribution in [2.24, 2.45) is 0 Å². The summed E-state index contributed by atoms with van der Waals surface area (Å²) < 4.78 is 5.88. The lowest BCUT2D eigenvalue weighted by Crippen LogP contribution is -2.30. The number of hydrogen-bond acceptors (Lipinski definition) is 4. The molecule has 16 heavy (non-hydrogen) atoms. The van der Waals surface area contributed by atoms with E-state index < -0.39 is 0 Å². The summed E-state index contributed by atoms with van der Waals surface area (Å²) in [7, 11) is 0. The molecule has 1 aliphatic heterocycles. The number of aromatic nitrogens is 2. The van der Waals surface area contributed by atoms with Crippen molar-refractivity contribution in [3.63, 3.8) is 0 Å². The first-order valence-electron chi connectivity index (χ1n) is 6.32. The summed E-state index contributed by atoms with van der Waals surface area (Å²) in [5.41, 5.74) is 0.179. The zero-order valence-electron chi connectivity index (χ0n) is 9.83. The van der Waals surface area contributed by atoms with Crippen LogP contribution in [0.2, 0.25) is 0 Å². The Kier molecular flexibility index (Phi) is 2.46. The van der Waals surface area contributed by atoms with Crippen LogP contribution in [0.4, 0.5) is 0 Å². The van der Waals surface area contributed by atoms with E-state index in [9.17, 15) is 0 Å². The van der Waals surface area contributed by atoms with E-state index in [2.05, 4.69) is 22.4 Å². The normalized spacial score (nSPS) is 25.3. The third-order valence-corrected chi connectivity index (χ3v) is 4.10. The highest BCUT2D eigenvalue weighted by atomic mass is 16.4. The van der Waals surface area contributed by atoms with E-state index in [0.29, 0.717) is 5.92 Å². The molecule has 0 unspecified atom stereocenters. The lowest BCUT2D eigenvalue weighted by Gasteiger charge is -2.34. The van der Waals surface area contributed by atoms with E-state index in [-0.39, 0.29) is 5.41 Å². The molecule has 0 spiro atoms. The van der Waals surface area contributed by atoms with Gasteiger partial charge in [-0.25, -0.2) is 0 Å². The van der Waals surface area contributed by atoms with E-state index in [1.54, 1.807) is 0 Å². The van der Waals surface area contributed by atoms with E-state index in [4.69, 9.17) is 4.42 Å². The molecule has 2 aliphatic rings. The Hall–Kier alpha value is -0.900. The number of nitrogens with zero attached hydrogens (tertiary/aromatic N) is 2. The third kappa shape index (κ3) is 1.65. The Bertz CT molecular complexity index is 364. The summed E-state index contributed by atoms with van der Waals surface area (Å²) in [6.07, 6.45) is 5.93. The predicted octanol–water partition coefficient (Wildman–Crippen LogP) is 1.98. The summed E-state index contributed by atoms with van der Waals surface area (Å²) in [6.45, 7) is 4.37. The molecule has 1 aromatic heterocycles.